The molecule has 5 nitrogen and oxygen atoms in total. The van der Waals surface area contributed by atoms with Crippen LogP contribution in [-0.2, 0) is 9.59 Å². The van der Waals surface area contributed by atoms with E-state index in [1.54, 1.807) is 18.2 Å². The highest BCUT2D eigenvalue weighted by molar-refractivity contribution is 8.15. The van der Waals surface area contributed by atoms with E-state index in [9.17, 15) is 9.59 Å². The van der Waals surface area contributed by atoms with Gasteiger partial charge in [0.2, 0.25) is 11.8 Å². The fourth-order valence-corrected chi connectivity index (χ4v) is 3.57. The van der Waals surface area contributed by atoms with E-state index in [1.165, 1.54) is 11.8 Å². The van der Waals surface area contributed by atoms with Crippen molar-refractivity contribution in [1.29, 1.82) is 0 Å². The summed E-state index contributed by atoms with van der Waals surface area (Å²) in [6.45, 7) is 1.99. The smallest absolute Gasteiger partial charge is 0.240 e. The van der Waals surface area contributed by atoms with Crippen LogP contribution in [0, 0.1) is 6.92 Å². The van der Waals surface area contributed by atoms with Crippen LogP contribution in [-0.4, -0.2) is 22.2 Å². The number of nitrogens with one attached hydrogen (secondary N) is 2. The van der Waals surface area contributed by atoms with Crippen LogP contribution in [0.25, 0.3) is 0 Å². The Kier molecular flexibility index (Phi) is 5.86. The van der Waals surface area contributed by atoms with Crippen LogP contribution in [0.2, 0.25) is 10.0 Å². The van der Waals surface area contributed by atoms with Gasteiger partial charge >= 0.3 is 0 Å². The average Bonchev–Trinajstić information content (AvgIpc) is 2.92. The van der Waals surface area contributed by atoms with Gasteiger partial charge in [0.25, 0.3) is 0 Å². The van der Waals surface area contributed by atoms with E-state index >= 15 is 0 Å². The van der Waals surface area contributed by atoms with E-state index in [0.717, 1.165) is 11.3 Å². The fourth-order valence-electron chi connectivity index (χ4n) is 2.28. The molecule has 1 aliphatic heterocycles. The summed E-state index contributed by atoms with van der Waals surface area (Å²) in [5.41, 5.74) is 2.41. The third kappa shape index (κ3) is 4.78. The first-order valence-electron chi connectivity index (χ1n) is 7.78. The number of aryl methyl sites for hydroxylation is 1. The summed E-state index contributed by atoms with van der Waals surface area (Å²) in [6.07, 6.45) is 0.0314. The lowest BCUT2D eigenvalue weighted by molar-refractivity contribution is -0.122. The third-order valence-corrected chi connectivity index (χ3v) is 5.44. The molecule has 26 heavy (non-hydrogen) atoms. The average molecular weight is 408 g/mol. The van der Waals surface area contributed by atoms with E-state index in [1.807, 2.05) is 31.2 Å². The van der Waals surface area contributed by atoms with Gasteiger partial charge in [-0.05, 0) is 37.3 Å². The summed E-state index contributed by atoms with van der Waals surface area (Å²) in [5.74, 6) is -0.516. The van der Waals surface area contributed by atoms with E-state index in [2.05, 4.69) is 15.6 Å². The number of carbonyl (C=O) groups is 2. The molecule has 0 radical (unpaired) electrons. The first-order valence-corrected chi connectivity index (χ1v) is 9.42. The fraction of sp³-hybridized carbons (Fsp3) is 0.167. The molecule has 8 heteroatoms. The van der Waals surface area contributed by atoms with Crippen LogP contribution in [0.5, 0.6) is 0 Å². The van der Waals surface area contributed by atoms with Gasteiger partial charge in [0.15, 0.2) is 5.17 Å². The number of thioether (sulfide) groups is 1. The van der Waals surface area contributed by atoms with Crippen LogP contribution in [0.4, 0.5) is 11.4 Å². The molecular formula is C18H15Cl2N3O2S. The minimum atomic E-state index is -0.526. The minimum absolute atomic E-state index is 0.0314. The maximum Gasteiger partial charge on any atom is 0.240 e. The molecule has 0 spiro atoms. The molecule has 1 heterocycles. The monoisotopic (exact) mass is 407 g/mol. The second kappa shape index (κ2) is 8.12. The number of amides is 2. The van der Waals surface area contributed by atoms with Crippen LogP contribution >= 0.6 is 35.0 Å². The summed E-state index contributed by atoms with van der Waals surface area (Å²) >= 11 is 13.0. The van der Waals surface area contributed by atoms with Crippen molar-refractivity contribution in [3.63, 3.8) is 0 Å². The van der Waals surface area contributed by atoms with E-state index in [4.69, 9.17) is 23.2 Å². The van der Waals surface area contributed by atoms with E-state index in [0.29, 0.717) is 20.9 Å². The molecule has 0 saturated carbocycles. The number of amidine groups is 1. The number of hydrogen-bond donors (Lipinski definition) is 2. The van der Waals surface area contributed by atoms with Crippen LogP contribution in [0.15, 0.2) is 47.5 Å². The van der Waals surface area contributed by atoms with Crippen molar-refractivity contribution in [2.24, 2.45) is 4.99 Å². The van der Waals surface area contributed by atoms with Gasteiger partial charge in [-0.3, -0.25) is 9.59 Å². The van der Waals surface area contributed by atoms with Crippen molar-refractivity contribution >= 4 is 63.3 Å². The Morgan fingerprint density at radius 3 is 2.62 bits per heavy atom. The van der Waals surface area contributed by atoms with Gasteiger partial charge in [0.05, 0.1) is 15.7 Å². The largest absolute Gasteiger partial charge is 0.326 e. The second-order valence-electron chi connectivity index (χ2n) is 5.73. The molecule has 1 atom stereocenters. The van der Waals surface area contributed by atoms with Gasteiger partial charge in [-0.15, -0.1) is 0 Å². The number of nitrogens with zero attached hydrogens (tertiary/aromatic N) is 1. The Morgan fingerprint density at radius 1 is 1.19 bits per heavy atom. The van der Waals surface area contributed by atoms with Crippen LogP contribution < -0.4 is 10.6 Å². The predicted octanol–water partition coefficient (Wildman–Crippen LogP) is 4.55. The minimum Gasteiger partial charge on any atom is -0.326 e. The molecule has 134 valence electrons. The first kappa shape index (κ1) is 18.8. The highest BCUT2D eigenvalue weighted by atomic mass is 35.5. The summed E-state index contributed by atoms with van der Waals surface area (Å²) in [5, 5.41) is 6.15. The molecule has 0 aromatic heterocycles. The third-order valence-electron chi connectivity index (χ3n) is 3.62. The Hall–Kier alpha value is -2.02. The van der Waals surface area contributed by atoms with Gasteiger partial charge in [0, 0.05) is 12.1 Å². The molecule has 2 aromatic rings. The molecule has 0 unspecified atom stereocenters. The van der Waals surface area contributed by atoms with Gasteiger partial charge in [-0.2, -0.15) is 0 Å². The number of benzene rings is 2. The Labute approximate surface area is 165 Å². The zero-order valence-electron chi connectivity index (χ0n) is 13.8. The molecule has 3 rings (SSSR count). The highest BCUT2D eigenvalue weighted by Crippen LogP contribution is 2.27. The molecular weight excluding hydrogens is 393 g/mol. The number of anilines is 1. The zero-order chi connectivity index (χ0) is 18.7. The molecule has 2 aromatic carbocycles. The molecule has 0 aliphatic carbocycles. The molecule has 1 fully saturated rings. The van der Waals surface area contributed by atoms with E-state index in [-0.39, 0.29) is 18.2 Å². The standard InChI is InChI=1S/C18H15Cl2N3O2S/c1-10-2-4-11(5-3-10)22-18-23-17(25)15(26-18)9-16(24)21-12-6-7-13(19)14(20)8-12/h2-8,15H,9H2,1H3,(H,21,24)(H,22,23,25)/t15-/m1/s1. The number of rotatable bonds is 4. The van der Waals surface area contributed by atoms with E-state index < -0.39 is 5.25 Å². The lowest BCUT2D eigenvalue weighted by atomic mass is 10.2. The van der Waals surface area contributed by atoms with Crippen molar-refractivity contribution in [1.82, 2.24) is 5.32 Å². The van der Waals surface area contributed by atoms with Crippen molar-refractivity contribution < 1.29 is 9.59 Å². The van der Waals surface area contributed by atoms with Gasteiger partial charge < -0.3 is 10.6 Å². The Balaban J connectivity index is 1.61. The summed E-state index contributed by atoms with van der Waals surface area (Å²) in [6, 6.07) is 12.5. The molecule has 1 aliphatic rings. The Bertz CT molecular complexity index is 885. The zero-order valence-corrected chi connectivity index (χ0v) is 16.1. The number of carbonyl (C=O) groups excluding carboxylic acids is 2. The lowest BCUT2D eigenvalue weighted by Crippen LogP contribution is -2.28. The number of aliphatic imine (C=N–C) groups is 1. The normalized spacial score (nSPS) is 18.0. The highest BCUT2D eigenvalue weighted by Gasteiger charge is 2.32. The summed E-state index contributed by atoms with van der Waals surface area (Å²) in [4.78, 5) is 28.7. The summed E-state index contributed by atoms with van der Waals surface area (Å²) in [7, 11) is 0. The summed E-state index contributed by atoms with van der Waals surface area (Å²) < 4.78 is 0. The van der Waals surface area contributed by atoms with Crippen molar-refractivity contribution in [2.75, 3.05) is 5.32 Å². The molecule has 0 bridgehead atoms. The number of hydrogen-bond acceptors (Lipinski definition) is 4. The van der Waals surface area contributed by atoms with Crippen LogP contribution in [0.3, 0.4) is 0 Å². The Morgan fingerprint density at radius 2 is 1.92 bits per heavy atom. The van der Waals surface area contributed by atoms with Gasteiger partial charge in [0.1, 0.15) is 5.25 Å². The topological polar surface area (TPSA) is 70.6 Å². The van der Waals surface area contributed by atoms with Crippen molar-refractivity contribution in [2.45, 2.75) is 18.6 Å². The van der Waals surface area contributed by atoms with Crippen molar-refractivity contribution in [3.05, 3.63) is 58.1 Å². The predicted molar refractivity (Wildman–Crippen MR) is 108 cm³/mol. The quantitative estimate of drug-likeness (QED) is 0.780. The maximum absolute atomic E-state index is 12.2. The SMILES string of the molecule is Cc1ccc(N=C2NC(=O)[C@@H](CC(=O)Nc3ccc(Cl)c(Cl)c3)S2)cc1. The second-order valence-corrected chi connectivity index (χ2v) is 7.74. The molecule has 2 N–H and O–H groups in total. The number of halogens is 2. The molecule has 2 amide bonds. The maximum atomic E-state index is 12.2. The molecule has 1 saturated heterocycles. The van der Waals surface area contributed by atoms with Gasteiger partial charge in [-0.1, -0.05) is 52.7 Å². The van der Waals surface area contributed by atoms with Crippen LogP contribution in [0.1, 0.15) is 12.0 Å². The van der Waals surface area contributed by atoms with Gasteiger partial charge in [-0.25, -0.2) is 4.99 Å². The first-order chi connectivity index (χ1) is 12.4. The lowest BCUT2D eigenvalue weighted by Gasteiger charge is -2.08. The van der Waals surface area contributed by atoms with Crippen molar-refractivity contribution in [3.8, 4) is 0 Å².